The minimum absolute atomic E-state index is 0.0629. The van der Waals surface area contributed by atoms with Crippen LogP contribution in [-0.2, 0) is 16.1 Å². The summed E-state index contributed by atoms with van der Waals surface area (Å²) in [6.07, 6.45) is 1.77. The lowest BCUT2D eigenvalue weighted by Gasteiger charge is -2.40. The van der Waals surface area contributed by atoms with E-state index in [4.69, 9.17) is 10.5 Å². The number of amides is 1. The number of piperidine rings is 1. The number of nitrogens with two attached hydrogens (primary N) is 1. The normalized spacial score (nSPS) is 23.9. The summed E-state index contributed by atoms with van der Waals surface area (Å²) in [6, 6.07) is 10.1. The van der Waals surface area contributed by atoms with Crippen LogP contribution in [0.25, 0.3) is 0 Å². The smallest absolute Gasteiger partial charge is 0.251 e. The summed E-state index contributed by atoms with van der Waals surface area (Å²) in [5.74, 6) is 0.530. The van der Waals surface area contributed by atoms with Crippen LogP contribution in [0.2, 0.25) is 0 Å². The number of ether oxygens (including phenoxy) is 1. The number of carbonyl (C=O) groups is 1. The minimum Gasteiger partial charge on any atom is -0.364 e. The Morgan fingerprint density at radius 1 is 1.43 bits per heavy atom. The zero-order valence-corrected chi connectivity index (χ0v) is 13.0. The number of carbonyl (C=O) groups excluding carboxylic acids is 1. The van der Waals surface area contributed by atoms with Crippen molar-refractivity contribution in [2.24, 2.45) is 11.7 Å². The summed E-state index contributed by atoms with van der Waals surface area (Å²) in [6.45, 7) is 5.79. The van der Waals surface area contributed by atoms with Gasteiger partial charge >= 0.3 is 0 Å². The van der Waals surface area contributed by atoms with Gasteiger partial charge in [-0.3, -0.25) is 4.79 Å². The first-order valence-corrected chi connectivity index (χ1v) is 7.79. The van der Waals surface area contributed by atoms with Crippen molar-refractivity contribution >= 4 is 5.91 Å². The van der Waals surface area contributed by atoms with Gasteiger partial charge in [-0.1, -0.05) is 37.3 Å². The summed E-state index contributed by atoms with van der Waals surface area (Å²) in [4.78, 5) is 14.5. The van der Waals surface area contributed by atoms with Crippen LogP contribution in [0.15, 0.2) is 30.3 Å². The average Bonchev–Trinajstić information content (AvgIpc) is 2.52. The highest BCUT2D eigenvalue weighted by Gasteiger charge is 2.33. The molecule has 4 heteroatoms. The molecule has 1 aliphatic rings. The van der Waals surface area contributed by atoms with Gasteiger partial charge in [0.1, 0.15) is 6.10 Å². The molecule has 1 aliphatic heterocycles. The van der Waals surface area contributed by atoms with Crippen LogP contribution in [0.1, 0.15) is 32.3 Å². The second-order valence-corrected chi connectivity index (χ2v) is 5.89. The Balaban J connectivity index is 1.92. The van der Waals surface area contributed by atoms with Gasteiger partial charge in [-0.05, 0) is 31.2 Å². The summed E-state index contributed by atoms with van der Waals surface area (Å²) >= 11 is 0. The van der Waals surface area contributed by atoms with E-state index >= 15 is 0 Å². The van der Waals surface area contributed by atoms with E-state index in [1.165, 1.54) is 0 Å². The minimum atomic E-state index is -0.426. The van der Waals surface area contributed by atoms with Gasteiger partial charge in [0.05, 0.1) is 6.61 Å². The van der Waals surface area contributed by atoms with E-state index in [1.54, 1.807) is 0 Å². The molecule has 1 aromatic carbocycles. The van der Waals surface area contributed by atoms with Crippen molar-refractivity contribution in [3.63, 3.8) is 0 Å². The quantitative estimate of drug-likeness (QED) is 0.904. The van der Waals surface area contributed by atoms with E-state index in [9.17, 15) is 4.79 Å². The molecular formula is C17H26N2O2. The summed E-state index contributed by atoms with van der Waals surface area (Å²) in [5.41, 5.74) is 6.94. The van der Waals surface area contributed by atoms with Crippen LogP contribution < -0.4 is 5.73 Å². The fourth-order valence-electron chi connectivity index (χ4n) is 2.98. The predicted molar refractivity (Wildman–Crippen MR) is 83.6 cm³/mol. The van der Waals surface area contributed by atoms with Crippen molar-refractivity contribution in [3.8, 4) is 0 Å². The lowest BCUT2D eigenvalue weighted by atomic mass is 9.90. The first-order chi connectivity index (χ1) is 10.1. The molecule has 116 valence electrons. The highest BCUT2D eigenvalue weighted by atomic mass is 16.5. The van der Waals surface area contributed by atoms with Crippen molar-refractivity contribution in [1.82, 2.24) is 4.90 Å². The Hall–Kier alpha value is -1.39. The topological polar surface area (TPSA) is 55.6 Å². The molecular weight excluding hydrogens is 264 g/mol. The van der Waals surface area contributed by atoms with Crippen molar-refractivity contribution in [2.45, 2.75) is 45.4 Å². The summed E-state index contributed by atoms with van der Waals surface area (Å²) in [5, 5.41) is 0. The molecule has 3 unspecified atom stereocenters. The zero-order valence-electron chi connectivity index (χ0n) is 13.0. The predicted octanol–water partition coefficient (Wildman–Crippen LogP) is 2.18. The third-order valence-electron chi connectivity index (χ3n) is 4.33. The third-order valence-corrected chi connectivity index (χ3v) is 4.33. The standard InChI is InChI=1S/C17H26N2O2/c1-13-7-6-10-19(16(13)11-18)17(20)14(2)21-12-15-8-4-3-5-9-15/h3-5,8-9,13-14,16H,6-7,10-12,18H2,1-2H3. The monoisotopic (exact) mass is 290 g/mol. The molecule has 4 nitrogen and oxygen atoms in total. The second-order valence-electron chi connectivity index (χ2n) is 5.89. The number of rotatable bonds is 5. The first-order valence-electron chi connectivity index (χ1n) is 7.79. The molecule has 1 aromatic rings. The van der Waals surface area contributed by atoms with E-state index in [0.29, 0.717) is 19.1 Å². The maximum atomic E-state index is 12.6. The molecule has 3 atom stereocenters. The molecule has 2 N–H and O–H groups in total. The van der Waals surface area contributed by atoms with Crippen LogP contribution >= 0.6 is 0 Å². The molecule has 21 heavy (non-hydrogen) atoms. The number of likely N-dealkylation sites (tertiary alicyclic amines) is 1. The fourth-order valence-corrected chi connectivity index (χ4v) is 2.98. The Kier molecular flexibility index (Phi) is 5.76. The third kappa shape index (κ3) is 4.05. The molecule has 0 aliphatic carbocycles. The fraction of sp³-hybridized carbons (Fsp3) is 0.588. The van der Waals surface area contributed by atoms with E-state index in [1.807, 2.05) is 42.2 Å². The highest BCUT2D eigenvalue weighted by molar-refractivity contribution is 5.81. The van der Waals surface area contributed by atoms with Crippen LogP contribution in [0.3, 0.4) is 0 Å². The lowest BCUT2D eigenvalue weighted by Crippen LogP contribution is -2.54. The molecule has 1 amide bonds. The number of benzene rings is 1. The van der Waals surface area contributed by atoms with E-state index in [2.05, 4.69) is 6.92 Å². The van der Waals surface area contributed by atoms with Gasteiger partial charge in [-0.2, -0.15) is 0 Å². The van der Waals surface area contributed by atoms with Crippen molar-refractivity contribution < 1.29 is 9.53 Å². The molecule has 0 bridgehead atoms. The number of nitrogens with zero attached hydrogens (tertiary/aromatic N) is 1. The van der Waals surface area contributed by atoms with Gasteiger partial charge in [-0.15, -0.1) is 0 Å². The Labute approximate surface area is 127 Å². The summed E-state index contributed by atoms with van der Waals surface area (Å²) < 4.78 is 5.74. The average molecular weight is 290 g/mol. The number of hydrogen-bond acceptors (Lipinski definition) is 3. The van der Waals surface area contributed by atoms with Gasteiger partial charge in [0.25, 0.3) is 5.91 Å². The molecule has 2 rings (SSSR count). The summed E-state index contributed by atoms with van der Waals surface area (Å²) in [7, 11) is 0. The van der Waals surface area contributed by atoms with Gasteiger partial charge in [0.15, 0.2) is 0 Å². The van der Waals surface area contributed by atoms with Crippen LogP contribution in [-0.4, -0.2) is 36.0 Å². The van der Waals surface area contributed by atoms with Crippen LogP contribution in [0.5, 0.6) is 0 Å². The van der Waals surface area contributed by atoms with E-state index < -0.39 is 6.10 Å². The molecule has 1 fully saturated rings. The van der Waals surface area contributed by atoms with Gasteiger partial charge in [-0.25, -0.2) is 0 Å². The Bertz CT molecular complexity index is 449. The van der Waals surface area contributed by atoms with E-state index in [0.717, 1.165) is 24.9 Å². The van der Waals surface area contributed by atoms with Crippen molar-refractivity contribution in [1.29, 1.82) is 0 Å². The lowest BCUT2D eigenvalue weighted by molar-refractivity contribution is -0.148. The first kappa shape index (κ1) is 16.0. The Morgan fingerprint density at radius 2 is 2.14 bits per heavy atom. The molecule has 0 spiro atoms. The largest absolute Gasteiger partial charge is 0.364 e. The van der Waals surface area contributed by atoms with Crippen LogP contribution in [0, 0.1) is 5.92 Å². The van der Waals surface area contributed by atoms with Gasteiger partial charge < -0.3 is 15.4 Å². The Morgan fingerprint density at radius 3 is 2.81 bits per heavy atom. The van der Waals surface area contributed by atoms with E-state index in [-0.39, 0.29) is 11.9 Å². The SMILES string of the molecule is CC(OCc1ccccc1)C(=O)N1CCCC(C)C1CN. The molecule has 0 saturated carbocycles. The van der Waals surface area contributed by atoms with Crippen molar-refractivity contribution in [3.05, 3.63) is 35.9 Å². The highest BCUT2D eigenvalue weighted by Crippen LogP contribution is 2.23. The second kappa shape index (κ2) is 7.57. The maximum absolute atomic E-state index is 12.6. The molecule has 1 saturated heterocycles. The van der Waals surface area contributed by atoms with Gasteiger partial charge in [0.2, 0.25) is 0 Å². The zero-order chi connectivity index (χ0) is 15.2. The van der Waals surface area contributed by atoms with Crippen LogP contribution in [0.4, 0.5) is 0 Å². The molecule has 0 radical (unpaired) electrons. The van der Waals surface area contributed by atoms with Gasteiger partial charge in [0, 0.05) is 19.1 Å². The molecule has 0 aromatic heterocycles. The molecule has 1 heterocycles. The maximum Gasteiger partial charge on any atom is 0.251 e. The number of hydrogen-bond donors (Lipinski definition) is 1. The van der Waals surface area contributed by atoms with Crippen molar-refractivity contribution in [2.75, 3.05) is 13.1 Å².